The number of hydrogen-bond acceptors (Lipinski definition) is 4. The van der Waals surface area contributed by atoms with E-state index >= 15 is 0 Å². The van der Waals surface area contributed by atoms with Crippen molar-refractivity contribution in [3.8, 4) is 5.75 Å². The zero-order valence-electron chi connectivity index (χ0n) is 10.8. The van der Waals surface area contributed by atoms with E-state index in [4.69, 9.17) is 4.74 Å². The highest BCUT2D eigenvalue weighted by Gasteiger charge is 2.22. The molecule has 1 aliphatic heterocycles. The normalized spacial score (nSPS) is 20.7. The summed E-state index contributed by atoms with van der Waals surface area (Å²) in [5.41, 5.74) is 0.881. The van der Waals surface area contributed by atoms with Crippen LogP contribution in [0.5, 0.6) is 5.75 Å². The number of aromatic nitrogens is 3. The number of hydrogen-bond donors (Lipinski definition) is 0. The summed E-state index contributed by atoms with van der Waals surface area (Å²) in [6.07, 6.45) is 5.32. The molecule has 2 aromatic heterocycles. The van der Waals surface area contributed by atoms with Crippen LogP contribution in [0.25, 0.3) is 5.65 Å². The first-order valence-corrected chi connectivity index (χ1v) is 6.36. The summed E-state index contributed by atoms with van der Waals surface area (Å²) in [6.45, 7) is 1.19. The van der Waals surface area contributed by atoms with Crippen LogP contribution >= 0.6 is 0 Å². The van der Waals surface area contributed by atoms with Crippen molar-refractivity contribution in [1.82, 2.24) is 19.5 Å². The van der Waals surface area contributed by atoms with Gasteiger partial charge in [0.2, 0.25) is 0 Å². The predicted octanol–water partition coefficient (Wildman–Crippen LogP) is 1.37. The van der Waals surface area contributed by atoms with Crippen molar-refractivity contribution in [1.29, 1.82) is 0 Å². The maximum atomic E-state index is 5.19. The molecule has 5 heteroatoms. The van der Waals surface area contributed by atoms with E-state index in [-0.39, 0.29) is 0 Å². The first-order chi connectivity index (χ1) is 8.76. The van der Waals surface area contributed by atoms with Crippen molar-refractivity contribution in [2.45, 2.75) is 25.3 Å². The number of likely N-dealkylation sites (N-methyl/N-ethyl adjacent to an activating group) is 1. The molecule has 1 aliphatic rings. The van der Waals surface area contributed by atoms with Gasteiger partial charge in [0.15, 0.2) is 11.5 Å². The van der Waals surface area contributed by atoms with Gasteiger partial charge < -0.3 is 9.64 Å². The summed E-state index contributed by atoms with van der Waals surface area (Å²) in [6, 6.07) is 4.44. The van der Waals surface area contributed by atoms with Crippen LogP contribution in [0.15, 0.2) is 18.3 Å². The molecule has 1 saturated heterocycles. The van der Waals surface area contributed by atoms with Crippen molar-refractivity contribution in [3.05, 3.63) is 24.2 Å². The quantitative estimate of drug-likeness (QED) is 0.820. The number of ether oxygens (including phenoxy) is 1. The van der Waals surface area contributed by atoms with Gasteiger partial charge in [-0.05, 0) is 38.6 Å². The Kier molecular flexibility index (Phi) is 2.91. The smallest absolute Gasteiger partial charge is 0.155 e. The minimum atomic E-state index is 0.587. The molecule has 0 spiro atoms. The highest BCUT2D eigenvalue weighted by Crippen LogP contribution is 2.18. The molecule has 0 N–H and O–H groups in total. The third-order valence-electron chi connectivity index (χ3n) is 3.67. The van der Waals surface area contributed by atoms with Gasteiger partial charge in [0.25, 0.3) is 0 Å². The zero-order chi connectivity index (χ0) is 12.5. The lowest BCUT2D eigenvalue weighted by atomic mass is 10.1. The highest BCUT2D eigenvalue weighted by molar-refractivity contribution is 5.40. The fourth-order valence-electron chi connectivity index (χ4n) is 2.57. The Morgan fingerprint density at radius 2 is 2.33 bits per heavy atom. The van der Waals surface area contributed by atoms with Gasteiger partial charge in [0.05, 0.1) is 13.3 Å². The minimum Gasteiger partial charge on any atom is -0.495 e. The van der Waals surface area contributed by atoms with Gasteiger partial charge in [0, 0.05) is 12.5 Å². The molecule has 1 fully saturated rings. The molecule has 2 aromatic rings. The third kappa shape index (κ3) is 2.06. The van der Waals surface area contributed by atoms with E-state index in [0.717, 1.165) is 23.6 Å². The number of pyridine rings is 1. The summed E-state index contributed by atoms with van der Waals surface area (Å²) < 4.78 is 6.98. The number of rotatable bonds is 3. The van der Waals surface area contributed by atoms with E-state index < -0.39 is 0 Å². The van der Waals surface area contributed by atoms with Gasteiger partial charge in [-0.1, -0.05) is 0 Å². The number of fused-ring (bicyclic) bond motifs is 1. The monoisotopic (exact) mass is 246 g/mol. The summed E-state index contributed by atoms with van der Waals surface area (Å²) in [5, 5.41) is 4.52. The summed E-state index contributed by atoms with van der Waals surface area (Å²) in [4.78, 5) is 6.95. The molecule has 0 aliphatic carbocycles. The van der Waals surface area contributed by atoms with Crippen molar-refractivity contribution in [2.75, 3.05) is 20.7 Å². The Bertz CT molecular complexity index is 551. The van der Waals surface area contributed by atoms with Crippen molar-refractivity contribution < 1.29 is 4.74 Å². The van der Waals surface area contributed by atoms with E-state index in [1.165, 1.54) is 19.4 Å². The largest absolute Gasteiger partial charge is 0.495 e. The Labute approximate surface area is 106 Å². The van der Waals surface area contributed by atoms with E-state index in [0.29, 0.717) is 6.04 Å². The second-order valence-electron chi connectivity index (χ2n) is 4.88. The van der Waals surface area contributed by atoms with Crippen LogP contribution < -0.4 is 4.74 Å². The van der Waals surface area contributed by atoms with Gasteiger partial charge >= 0.3 is 0 Å². The summed E-state index contributed by atoms with van der Waals surface area (Å²) in [7, 11) is 3.84. The molecule has 0 bridgehead atoms. The number of methoxy groups -OCH3 is 1. The van der Waals surface area contributed by atoms with E-state index in [9.17, 15) is 0 Å². The maximum absolute atomic E-state index is 5.19. The average Bonchev–Trinajstić information content (AvgIpc) is 2.95. The Morgan fingerprint density at radius 1 is 1.44 bits per heavy atom. The molecule has 0 aromatic carbocycles. The molecular formula is C13H18N4O. The van der Waals surface area contributed by atoms with Gasteiger partial charge in [-0.2, -0.15) is 5.10 Å². The minimum absolute atomic E-state index is 0.587. The molecule has 3 rings (SSSR count). The van der Waals surface area contributed by atoms with E-state index in [1.54, 1.807) is 11.6 Å². The van der Waals surface area contributed by atoms with Crippen LogP contribution in [0.3, 0.4) is 0 Å². The number of likely N-dealkylation sites (tertiary alicyclic amines) is 1. The lowest BCUT2D eigenvalue weighted by Crippen LogP contribution is -2.27. The van der Waals surface area contributed by atoms with Crippen LogP contribution in [-0.4, -0.2) is 46.2 Å². The third-order valence-corrected chi connectivity index (χ3v) is 3.67. The topological polar surface area (TPSA) is 42.7 Å². The standard InChI is InChI=1S/C13H18N4O/c1-16-7-3-4-10(16)8-12-14-13-6-5-11(18-2)9-17(13)15-12/h5-6,9-10H,3-4,7-8H2,1-2H3. The van der Waals surface area contributed by atoms with Gasteiger partial charge in [-0.25, -0.2) is 9.50 Å². The van der Waals surface area contributed by atoms with Gasteiger partial charge in [-0.3, -0.25) is 0 Å². The molecular weight excluding hydrogens is 228 g/mol. The van der Waals surface area contributed by atoms with Crippen LogP contribution in [0, 0.1) is 0 Å². The average molecular weight is 246 g/mol. The molecule has 0 saturated carbocycles. The second-order valence-corrected chi connectivity index (χ2v) is 4.88. The van der Waals surface area contributed by atoms with Crippen LogP contribution in [0.1, 0.15) is 18.7 Å². The predicted molar refractivity (Wildman–Crippen MR) is 68.9 cm³/mol. The van der Waals surface area contributed by atoms with Crippen LogP contribution in [-0.2, 0) is 6.42 Å². The fourth-order valence-corrected chi connectivity index (χ4v) is 2.57. The Hall–Kier alpha value is -1.62. The van der Waals surface area contributed by atoms with Gasteiger partial charge in [0.1, 0.15) is 5.75 Å². The Morgan fingerprint density at radius 3 is 3.06 bits per heavy atom. The van der Waals surface area contributed by atoms with Crippen LogP contribution in [0.2, 0.25) is 0 Å². The molecule has 1 atom stereocenters. The summed E-state index contributed by atoms with van der Waals surface area (Å²) >= 11 is 0. The van der Waals surface area contributed by atoms with E-state index in [2.05, 4.69) is 22.0 Å². The van der Waals surface area contributed by atoms with Crippen LogP contribution in [0.4, 0.5) is 0 Å². The second kappa shape index (κ2) is 4.57. The molecule has 0 radical (unpaired) electrons. The SMILES string of the molecule is COc1ccc2nc(CC3CCCN3C)nn2c1. The zero-order valence-corrected chi connectivity index (χ0v) is 10.8. The lowest BCUT2D eigenvalue weighted by molar-refractivity contribution is 0.306. The molecule has 96 valence electrons. The van der Waals surface area contributed by atoms with Crippen molar-refractivity contribution >= 4 is 5.65 Å². The first kappa shape index (κ1) is 11.5. The molecule has 1 unspecified atom stereocenters. The molecule has 5 nitrogen and oxygen atoms in total. The fraction of sp³-hybridized carbons (Fsp3) is 0.538. The first-order valence-electron chi connectivity index (χ1n) is 6.36. The number of nitrogens with zero attached hydrogens (tertiary/aromatic N) is 4. The molecule has 3 heterocycles. The summed E-state index contributed by atoms with van der Waals surface area (Å²) in [5.74, 6) is 1.72. The van der Waals surface area contributed by atoms with E-state index in [1.807, 2.05) is 18.3 Å². The molecule has 0 amide bonds. The van der Waals surface area contributed by atoms with Crippen molar-refractivity contribution in [2.24, 2.45) is 0 Å². The Balaban J connectivity index is 1.84. The lowest BCUT2D eigenvalue weighted by Gasteiger charge is -2.17. The van der Waals surface area contributed by atoms with Gasteiger partial charge in [-0.15, -0.1) is 0 Å². The maximum Gasteiger partial charge on any atom is 0.155 e. The highest BCUT2D eigenvalue weighted by atomic mass is 16.5. The molecule has 18 heavy (non-hydrogen) atoms. The van der Waals surface area contributed by atoms with Crippen molar-refractivity contribution in [3.63, 3.8) is 0 Å².